The Morgan fingerprint density at radius 2 is 1.67 bits per heavy atom. The number of nitrogens with zero attached hydrogens (tertiary/aromatic N) is 5. The van der Waals surface area contributed by atoms with Gasteiger partial charge < -0.3 is 20.3 Å². The van der Waals surface area contributed by atoms with Gasteiger partial charge in [0.2, 0.25) is 5.95 Å². The molecule has 33 heavy (non-hydrogen) atoms. The monoisotopic (exact) mass is 567 g/mol. The number of anilines is 1. The fourth-order valence-electron chi connectivity index (χ4n) is 3.72. The summed E-state index contributed by atoms with van der Waals surface area (Å²) in [7, 11) is 1.81. The largest absolute Gasteiger partial charge is 0.374 e. The highest BCUT2D eigenvalue weighted by molar-refractivity contribution is 14.0. The van der Waals surface area contributed by atoms with Crippen LogP contribution in [-0.4, -0.2) is 80.3 Å². The van der Waals surface area contributed by atoms with Gasteiger partial charge in [-0.2, -0.15) is 0 Å². The van der Waals surface area contributed by atoms with Gasteiger partial charge in [0.15, 0.2) is 5.96 Å². The molecular formula is C24H38IN7O. The van der Waals surface area contributed by atoms with E-state index in [0.29, 0.717) is 0 Å². The van der Waals surface area contributed by atoms with E-state index in [4.69, 9.17) is 4.74 Å². The summed E-state index contributed by atoms with van der Waals surface area (Å²) in [6, 6.07) is 12.2. The molecule has 0 saturated carbocycles. The Labute approximate surface area is 215 Å². The molecule has 9 heteroatoms. The molecule has 8 nitrogen and oxygen atoms in total. The summed E-state index contributed by atoms with van der Waals surface area (Å²) >= 11 is 0. The zero-order valence-corrected chi connectivity index (χ0v) is 22.2. The van der Waals surface area contributed by atoms with Gasteiger partial charge in [0.05, 0.1) is 6.10 Å². The molecule has 1 unspecified atom stereocenters. The molecule has 0 aliphatic carbocycles. The molecular weight excluding hydrogens is 529 g/mol. The van der Waals surface area contributed by atoms with E-state index >= 15 is 0 Å². The molecule has 0 bridgehead atoms. The second-order valence-electron chi connectivity index (χ2n) is 7.93. The molecule has 1 saturated heterocycles. The number of aromatic nitrogens is 2. The fourth-order valence-corrected chi connectivity index (χ4v) is 3.72. The zero-order chi connectivity index (χ0) is 22.4. The second kappa shape index (κ2) is 15.8. The quantitative estimate of drug-likeness (QED) is 0.187. The number of aliphatic imine (C=N–C) groups is 1. The van der Waals surface area contributed by atoms with Gasteiger partial charge in [-0.1, -0.05) is 30.3 Å². The summed E-state index contributed by atoms with van der Waals surface area (Å²) < 4.78 is 5.93. The SMILES string of the molecule is CN=C(NCCCOC(C)c1ccccc1)NCCCN1CCN(c2ncccn2)CC1.I. The molecule has 1 atom stereocenters. The number of piperazine rings is 1. The Kier molecular flexibility index (Phi) is 13.0. The number of hydrogen-bond acceptors (Lipinski definition) is 6. The number of benzene rings is 1. The minimum absolute atomic E-state index is 0. The van der Waals surface area contributed by atoms with Crippen LogP contribution < -0.4 is 15.5 Å². The predicted octanol–water partition coefficient (Wildman–Crippen LogP) is 2.94. The lowest BCUT2D eigenvalue weighted by atomic mass is 10.1. The van der Waals surface area contributed by atoms with Crippen LogP contribution in [0.4, 0.5) is 5.95 Å². The molecule has 182 valence electrons. The average Bonchev–Trinajstić information content (AvgIpc) is 2.86. The molecule has 1 aliphatic heterocycles. The topological polar surface area (TPSA) is 77.9 Å². The van der Waals surface area contributed by atoms with Crippen LogP contribution in [0.3, 0.4) is 0 Å². The smallest absolute Gasteiger partial charge is 0.225 e. The third kappa shape index (κ3) is 9.81. The van der Waals surface area contributed by atoms with E-state index < -0.39 is 0 Å². The van der Waals surface area contributed by atoms with Crippen LogP contribution in [0.25, 0.3) is 0 Å². The standard InChI is InChI=1S/C24H37N7O.HI/c1-21(22-9-4-3-5-10-22)32-20-8-14-27-23(25-2)26-13-7-15-30-16-18-31(19-17-30)24-28-11-6-12-29-24;/h3-6,9-12,21H,7-8,13-20H2,1-2H3,(H2,25,26,27);1H. The Morgan fingerprint density at radius 3 is 2.33 bits per heavy atom. The first-order valence-electron chi connectivity index (χ1n) is 11.6. The van der Waals surface area contributed by atoms with Crippen LogP contribution >= 0.6 is 24.0 Å². The van der Waals surface area contributed by atoms with Crippen LogP contribution in [0.1, 0.15) is 31.4 Å². The van der Waals surface area contributed by atoms with E-state index in [1.165, 1.54) is 5.56 Å². The molecule has 0 radical (unpaired) electrons. The van der Waals surface area contributed by atoms with Crippen LogP contribution in [-0.2, 0) is 4.74 Å². The van der Waals surface area contributed by atoms with Gasteiger partial charge in [-0.25, -0.2) is 9.97 Å². The first kappa shape index (κ1) is 27.3. The molecule has 3 rings (SSSR count). The van der Waals surface area contributed by atoms with Crippen molar-refractivity contribution in [2.45, 2.75) is 25.9 Å². The van der Waals surface area contributed by atoms with Gasteiger partial charge in [0.25, 0.3) is 0 Å². The van der Waals surface area contributed by atoms with E-state index in [1.807, 2.05) is 31.3 Å². The van der Waals surface area contributed by atoms with Crippen molar-refractivity contribution < 1.29 is 4.74 Å². The van der Waals surface area contributed by atoms with Gasteiger partial charge >= 0.3 is 0 Å². The lowest BCUT2D eigenvalue weighted by molar-refractivity contribution is 0.0646. The van der Waals surface area contributed by atoms with Crippen molar-refractivity contribution in [2.75, 3.05) is 64.4 Å². The van der Waals surface area contributed by atoms with Crippen LogP contribution in [0.5, 0.6) is 0 Å². The van der Waals surface area contributed by atoms with E-state index in [2.05, 4.69) is 54.5 Å². The number of hydrogen-bond donors (Lipinski definition) is 2. The van der Waals surface area contributed by atoms with Crippen molar-refractivity contribution in [3.63, 3.8) is 0 Å². The number of rotatable bonds is 11. The van der Waals surface area contributed by atoms with E-state index in [-0.39, 0.29) is 30.1 Å². The molecule has 0 amide bonds. The maximum Gasteiger partial charge on any atom is 0.225 e. The summed E-state index contributed by atoms with van der Waals surface area (Å²) in [4.78, 5) is 17.8. The Morgan fingerprint density at radius 1 is 1.00 bits per heavy atom. The maximum atomic E-state index is 5.93. The first-order valence-corrected chi connectivity index (χ1v) is 11.6. The molecule has 1 aromatic heterocycles. The molecule has 1 aliphatic rings. The highest BCUT2D eigenvalue weighted by Crippen LogP contribution is 2.15. The molecule has 0 spiro atoms. The summed E-state index contributed by atoms with van der Waals surface area (Å²) in [5.74, 6) is 1.69. The van der Waals surface area contributed by atoms with Gasteiger partial charge in [0.1, 0.15) is 0 Å². The minimum atomic E-state index is 0. The summed E-state index contributed by atoms with van der Waals surface area (Å²) in [5.41, 5.74) is 1.22. The van der Waals surface area contributed by atoms with Crippen molar-refractivity contribution in [1.82, 2.24) is 25.5 Å². The van der Waals surface area contributed by atoms with Gasteiger partial charge in [-0.15, -0.1) is 24.0 Å². The van der Waals surface area contributed by atoms with Crippen molar-refractivity contribution in [1.29, 1.82) is 0 Å². The number of halogens is 1. The third-order valence-corrected chi connectivity index (χ3v) is 5.62. The van der Waals surface area contributed by atoms with Gasteiger partial charge in [0, 0.05) is 65.3 Å². The average molecular weight is 568 g/mol. The minimum Gasteiger partial charge on any atom is -0.374 e. The lowest BCUT2D eigenvalue weighted by Crippen LogP contribution is -2.47. The van der Waals surface area contributed by atoms with Crippen molar-refractivity contribution in [3.8, 4) is 0 Å². The zero-order valence-electron chi connectivity index (χ0n) is 19.8. The fraction of sp³-hybridized carbons (Fsp3) is 0.542. The van der Waals surface area contributed by atoms with Gasteiger partial charge in [-0.3, -0.25) is 9.89 Å². The number of ether oxygens (including phenoxy) is 1. The van der Waals surface area contributed by atoms with E-state index in [1.54, 1.807) is 12.4 Å². The first-order chi connectivity index (χ1) is 15.8. The van der Waals surface area contributed by atoms with Crippen molar-refractivity contribution in [2.24, 2.45) is 4.99 Å². The predicted molar refractivity (Wildman–Crippen MR) is 146 cm³/mol. The Hall–Kier alpha value is -1.98. The Balaban J connectivity index is 0.00000385. The Bertz CT molecular complexity index is 786. The third-order valence-electron chi connectivity index (χ3n) is 5.62. The highest BCUT2D eigenvalue weighted by atomic mass is 127. The molecule has 1 fully saturated rings. The second-order valence-corrected chi connectivity index (χ2v) is 7.93. The van der Waals surface area contributed by atoms with Crippen LogP contribution in [0.2, 0.25) is 0 Å². The highest BCUT2D eigenvalue weighted by Gasteiger charge is 2.18. The number of nitrogens with one attached hydrogen (secondary N) is 2. The van der Waals surface area contributed by atoms with Crippen molar-refractivity contribution >= 4 is 35.9 Å². The maximum absolute atomic E-state index is 5.93. The van der Waals surface area contributed by atoms with Crippen LogP contribution in [0, 0.1) is 0 Å². The summed E-state index contributed by atoms with van der Waals surface area (Å²) in [6.45, 7) is 9.70. The molecule has 2 aromatic rings. The van der Waals surface area contributed by atoms with Crippen molar-refractivity contribution in [3.05, 3.63) is 54.4 Å². The molecule has 1 aromatic carbocycles. The number of guanidine groups is 1. The summed E-state index contributed by atoms with van der Waals surface area (Å²) in [6.07, 6.45) is 5.75. The van der Waals surface area contributed by atoms with Gasteiger partial charge in [-0.05, 0) is 37.9 Å². The molecule has 2 heterocycles. The molecule has 2 N–H and O–H groups in total. The lowest BCUT2D eigenvalue weighted by Gasteiger charge is -2.34. The van der Waals surface area contributed by atoms with E-state index in [0.717, 1.165) is 77.2 Å². The van der Waals surface area contributed by atoms with E-state index in [9.17, 15) is 0 Å². The summed E-state index contributed by atoms with van der Waals surface area (Å²) in [5, 5.41) is 6.78. The van der Waals surface area contributed by atoms with Crippen LogP contribution in [0.15, 0.2) is 53.8 Å². The normalized spacial score (nSPS) is 15.6.